The second kappa shape index (κ2) is 7.99. The Bertz CT molecular complexity index is 786. The van der Waals surface area contributed by atoms with Crippen LogP contribution in [0.2, 0.25) is 0 Å². The first kappa shape index (κ1) is 19.4. The van der Waals surface area contributed by atoms with Crippen LogP contribution in [-0.2, 0) is 9.59 Å². The fraction of sp³-hybridized carbons (Fsp3) is 0.300. The molecule has 0 aliphatic heterocycles. The smallest absolute Gasteiger partial charge is 0.239 e. The van der Waals surface area contributed by atoms with Gasteiger partial charge in [0, 0.05) is 5.69 Å². The highest BCUT2D eigenvalue weighted by molar-refractivity contribution is 6.14. The van der Waals surface area contributed by atoms with Gasteiger partial charge in [-0.05, 0) is 64.1 Å². The van der Waals surface area contributed by atoms with E-state index in [4.69, 9.17) is 4.74 Å². The van der Waals surface area contributed by atoms with E-state index in [1.165, 1.54) is 32.0 Å². The van der Waals surface area contributed by atoms with Gasteiger partial charge in [-0.1, -0.05) is 12.1 Å². The van der Waals surface area contributed by atoms with Crippen molar-refractivity contribution in [3.8, 4) is 5.75 Å². The van der Waals surface area contributed by atoms with Gasteiger partial charge in [-0.2, -0.15) is 0 Å². The average molecular weight is 358 g/mol. The Morgan fingerprint density at radius 3 is 2.12 bits per heavy atom. The lowest BCUT2D eigenvalue weighted by Crippen LogP contribution is -2.41. The van der Waals surface area contributed by atoms with E-state index in [-0.39, 0.29) is 11.8 Å². The van der Waals surface area contributed by atoms with Crippen molar-refractivity contribution in [2.75, 3.05) is 10.6 Å². The minimum atomic E-state index is -1.39. The number of halogens is 1. The van der Waals surface area contributed by atoms with E-state index >= 15 is 0 Å². The van der Waals surface area contributed by atoms with Crippen molar-refractivity contribution < 1.29 is 18.7 Å². The third-order valence-electron chi connectivity index (χ3n) is 3.74. The molecule has 0 atom stereocenters. The van der Waals surface area contributed by atoms with E-state index < -0.39 is 23.0 Å². The third kappa shape index (κ3) is 4.81. The topological polar surface area (TPSA) is 67.4 Å². The normalized spacial score (nSPS) is 11.2. The quantitative estimate of drug-likeness (QED) is 0.760. The van der Waals surface area contributed by atoms with Gasteiger partial charge in [0.1, 0.15) is 17.0 Å². The molecular weight excluding hydrogens is 335 g/mol. The molecule has 6 heteroatoms. The van der Waals surface area contributed by atoms with Gasteiger partial charge in [0.25, 0.3) is 0 Å². The summed E-state index contributed by atoms with van der Waals surface area (Å²) in [6.07, 6.45) is 0.0523. The largest absolute Gasteiger partial charge is 0.491 e. The summed E-state index contributed by atoms with van der Waals surface area (Å²) < 4.78 is 19.2. The molecule has 0 unspecified atom stereocenters. The summed E-state index contributed by atoms with van der Waals surface area (Å²) in [5.41, 5.74) is -0.818. The number of para-hydroxylation sites is 1. The number of benzene rings is 2. The molecule has 5 nitrogen and oxygen atoms in total. The van der Waals surface area contributed by atoms with Crippen LogP contribution in [0.3, 0.4) is 0 Å². The van der Waals surface area contributed by atoms with Crippen LogP contribution in [0.15, 0.2) is 48.5 Å². The summed E-state index contributed by atoms with van der Waals surface area (Å²) in [6.45, 7) is 6.81. The molecule has 2 aromatic carbocycles. The molecule has 2 amide bonds. The molecule has 0 radical (unpaired) electrons. The molecule has 138 valence electrons. The first-order chi connectivity index (χ1) is 12.2. The van der Waals surface area contributed by atoms with Crippen molar-refractivity contribution in [1.29, 1.82) is 0 Å². The molecule has 2 N–H and O–H groups in total. The van der Waals surface area contributed by atoms with Crippen LogP contribution in [0.25, 0.3) is 0 Å². The van der Waals surface area contributed by atoms with Crippen molar-refractivity contribution in [1.82, 2.24) is 0 Å². The van der Waals surface area contributed by atoms with Crippen molar-refractivity contribution in [2.24, 2.45) is 5.41 Å². The fourth-order valence-electron chi connectivity index (χ4n) is 2.12. The number of nitrogens with one attached hydrogen (secondary N) is 2. The van der Waals surface area contributed by atoms with Crippen molar-refractivity contribution in [2.45, 2.75) is 33.8 Å². The van der Waals surface area contributed by atoms with Crippen LogP contribution in [0, 0.1) is 11.2 Å². The Balaban J connectivity index is 2.04. The monoisotopic (exact) mass is 358 g/mol. The number of amides is 2. The number of carbonyl (C=O) groups excluding carboxylic acids is 2. The highest BCUT2D eigenvalue weighted by Crippen LogP contribution is 2.24. The van der Waals surface area contributed by atoms with Crippen molar-refractivity contribution >= 4 is 23.2 Å². The molecule has 0 spiro atoms. The number of rotatable bonds is 6. The highest BCUT2D eigenvalue weighted by atomic mass is 19.1. The molecule has 0 heterocycles. The Morgan fingerprint density at radius 2 is 1.54 bits per heavy atom. The Labute approximate surface area is 152 Å². The zero-order valence-corrected chi connectivity index (χ0v) is 15.3. The Hall–Kier alpha value is -2.89. The number of carbonyl (C=O) groups is 2. The Morgan fingerprint density at radius 1 is 0.962 bits per heavy atom. The second-order valence-corrected chi connectivity index (χ2v) is 6.70. The summed E-state index contributed by atoms with van der Waals surface area (Å²) in [6, 6.07) is 12.7. The minimum absolute atomic E-state index is 0.0357. The fourth-order valence-corrected chi connectivity index (χ4v) is 2.12. The zero-order valence-electron chi connectivity index (χ0n) is 15.3. The predicted molar refractivity (Wildman–Crippen MR) is 99.6 cm³/mol. The van der Waals surface area contributed by atoms with Crippen LogP contribution in [0.4, 0.5) is 15.8 Å². The van der Waals surface area contributed by atoms with E-state index in [9.17, 15) is 14.0 Å². The van der Waals surface area contributed by atoms with Crippen LogP contribution < -0.4 is 15.4 Å². The van der Waals surface area contributed by atoms with Gasteiger partial charge in [0.2, 0.25) is 11.8 Å². The lowest BCUT2D eigenvalue weighted by Gasteiger charge is -2.23. The van der Waals surface area contributed by atoms with E-state index in [1.807, 2.05) is 13.8 Å². The van der Waals surface area contributed by atoms with Crippen molar-refractivity contribution in [3.05, 3.63) is 54.3 Å². The van der Waals surface area contributed by atoms with E-state index in [0.29, 0.717) is 11.4 Å². The maximum absolute atomic E-state index is 13.7. The molecule has 0 aliphatic carbocycles. The van der Waals surface area contributed by atoms with Crippen LogP contribution >= 0.6 is 0 Å². The molecular formula is C20H23FN2O3. The van der Waals surface area contributed by atoms with Gasteiger partial charge < -0.3 is 15.4 Å². The summed E-state index contributed by atoms with van der Waals surface area (Å²) in [5, 5.41) is 5.15. The molecule has 2 aromatic rings. The standard InChI is InChI=1S/C20H23FN2O3/c1-13(2)26-15-11-9-14(10-12-15)22-18(24)20(3,4)19(25)23-17-8-6-5-7-16(17)21/h5-13H,1-4H3,(H,22,24)(H,23,25). The number of hydrogen-bond donors (Lipinski definition) is 2. The van der Waals surface area contributed by atoms with Crippen LogP contribution in [0.1, 0.15) is 27.7 Å². The summed E-state index contributed by atoms with van der Waals surface area (Å²) in [4.78, 5) is 25.0. The molecule has 26 heavy (non-hydrogen) atoms. The maximum atomic E-state index is 13.7. The minimum Gasteiger partial charge on any atom is -0.491 e. The predicted octanol–water partition coefficient (Wildman–Crippen LogP) is 4.22. The zero-order chi connectivity index (χ0) is 19.3. The summed E-state index contributed by atoms with van der Waals surface area (Å²) in [7, 11) is 0. The van der Waals surface area contributed by atoms with Gasteiger partial charge in [0.05, 0.1) is 11.8 Å². The van der Waals surface area contributed by atoms with E-state index in [1.54, 1.807) is 30.3 Å². The molecule has 0 saturated heterocycles. The number of ether oxygens (including phenoxy) is 1. The van der Waals surface area contributed by atoms with E-state index in [2.05, 4.69) is 10.6 Å². The second-order valence-electron chi connectivity index (χ2n) is 6.70. The average Bonchev–Trinajstić information content (AvgIpc) is 2.58. The maximum Gasteiger partial charge on any atom is 0.239 e. The SMILES string of the molecule is CC(C)Oc1ccc(NC(=O)C(C)(C)C(=O)Nc2ccccc2F)cc1. The highest BCUT2D eigenvalue weighted by Gasteiger charge is 2.36. The molecule has 0 bridgehead atoms. The van der Waals surface area contributed by atoms with Gasteiger partial charge in [-0.25, -0.2) is 4.39 Å². The molecule has 0 aliphatic rings. The Kier molecular flexibility index (Phi) is 5.97. The molecule has 0 saturated carbocycles. The van der Waals surface area contributed by atoms with Gasteiger partial charge >= 0.3 is 0 Å². The summed E-state index contributed by atoms with van der Waals surface area (Å²) in [5.74, 6) is -0.962. The number of anilines is 2. The lowest BCUT2D eigenvalue weighted by atomic mass is 9.90. The molecule has 0 aromatic heterocycles. The van der Waals surface area contributed by atoms with Gasteiger partial charge in [0.15, 0.2) is 0 Å². The van der Waals surface area contributed by atoms with E-state index in [0.717, 1.165) is 0 Å². The lowest BCUT2D eigenvalue weighted by molar-refractivity contribution is -0.135. The van der Waals surface area contributed by atoms with Crippen LogP contribution in [0.5, 0.6) is 5.75 Å². The van der Waals surface area contributed by atoms with Gasteiger partial charge in [-0.3, -0.25) is 9.59 Å². The first-order valence-electron chi connectivity index (χ1n) is 8.34. The summed E-state index contributed by atoms with van der Waals surface area (Å²) >= 11 is 0. The van der Waals surface area contributed by atoms with Crippen molar-refractivity contribution in [3.63, 3.8) is 0 Å². The molecule has 2 rings (SSSR count). The number of hydrogen-bond acceptors (Lipinski definition) is 3. The van der Waals surface area contributed by atoms with Gasteiger partial charge in [-0.15, -0.1) is 0 Å². The first-order valence-corrected chi connectivity index (χ1v) is 8.34. The third-order valence-corrected chi connectivity index (χ3v) is 3.74. The molecule has 0 fully saturated rings. The van der Waals surface area contributed by atoms with Crippen LogP contribution in [-0.4, -0.2) is 17.9 Å².